The average Bonchev–Trinajstić information content (AvgIpc) is 2.92. The van der Waals surface area contributed by atoms with Crippen LogP contribution >= 0.6 is 0 Å². The van der Waals surface area contributed by atoms with Crippen molar-refractivity contribution in [2.75, 3.05) is 0 Å². The molecule has 0 aromatic heterocycles. The molecule has 0 N–H and O–H groups in total. The Labute approximate surface area is 232 Å². The highest BCUT2D eigenvalue weighted by molar-refractivity contribution is 6.13. The summed E-state index contributed by atoms with van der Waals surface area (Å²) in [6, 6.07) is 36.9. The van der Waals surface area contributed by atoms with Gasteiger partial charge in [0.2, 0.25) is 0 Å². The minimum atomic E-state index is -0.366. The van der Waals surface area contributed by atoms with E-state index in [9.17, 15) is 4.79 Å². The number of hydrogen-bond acceptors (Lipinski definition) is 2. The summed E-state index contributed by atoms with van der Waals surface area (Å²) >= 11 is 0. The fourth-order valence-corrected chi connectivity index (χ4v) is 5.02. The van der Waals surface area contributed by atoms with E-state index in [1.165, 1.54) is 11.1 Å². The zero-order chi connectivity index (χ0) is 27.8. The second-order valence-corrected chi connectivity index (χ2v) is 12.2. The molecule has 0 atom stereocenters. The first kappa shape index (κ1) is 26.4. The minimum Gasteiger partial charge on any atom is -0.423 e. The Morgan fingerprint density at radius 2 is 1.05 bits per heavy atom. The smallest absolute Gasteiger partial charge is 0.344 e. The van der Waals surface area contributed by atoms with Gasteiger partial charge in [-0.1, -0.05) is 133 Å². The van der Waals surface area contributed by atoms with E-state index in [0.29, 0.717) is 11.3 Å². The van der Waals surface area contributed by atoms with Gasteiger partial charge in [0.1, 0.15) is 5.75 Å². The van der Waals surface area contributed by atoms with Crippen LogP contribution in [0.25, 0.3) is 33.0 Å². The second-order valence-electron chi connectivity index (χ2n) is 12.2. The Hall–Kier alpha value is -4.17. The van der Waals surface area contributed by atoms with Crippen LogP contribution in [0.3, 0.4) is 0 Å². The van der Waals surface area contributed by atoms with Gasteiger partial charge in [-0.25, -0.2) is 4.79 Å². The normalized spacial score (nSPS) is 11.9. The van der Waals surface area contributed by atoms with Gasteiger partial charge in [-0.3, -0.25) is 0 Å². The van der Waals surface area contributed by atoms with Crippen LogP contribution in [0.1, 0.15) is 63.0 Å². The molecule has 0 fully saturated rings. The molecule has 0 unspecified atom stereocenters. The standard InChI is InChI=1S/C37H36O2/c1-36(2,3)27-20-16-25(17-21-27)32-24-33(35(38)39-29-12-8-7-9-13-29)34(31-15-11-10-14-30(31)32)26-18-22-28(23-19-26)37(4,5)6/h7-24H,1-6H3. The van der Waals surface area contributed by atoms with Gasteiger partial charge in [0.15, 0.2) is 0 Å². The summed E-state index contributed by atoms with van der Waals surface area (Å²) in [6.45, 7) is 13.3. The molecule has 0 saturated carbocycles. The Morgan fingerprint density at radius 3 is 1.59 bits per heavy atom. The fraction of sp³-hybridized carbons (Fsp3) is 0.216. The summed E-state index contributed by atoms with van der Waals surface area (Å²) in [6.07, 6.45) is 0. The van der Waals surface area contributed by atoms with Crippen molar-refractivity contribution < 1.29 is 9.53 Å². The molecule has 0 radical (unpaired) electrons. The molecule has 5 rings (SSSR count). The number of fused-ring (bicyclic) bond motifs is 1. The van der Waals surface area contributed by atoms with Gasteiger partial charge >= 0.3 is 5.97 Å². The monoisotopic (exact) mass is 512 g/mol. The van der Waals surface area contributed by atoms with Crippen molar-refractivity contribution in [2.24, 2.45) is 0 Å². The topological polar surface area (TPSA) is 26.3 Å². The molecular weight excluding hydrogens is 476 g/mol. The van der Waals surface area contributed by atoms with E-state index < -0.39 is 0 Å². The summed E-state index contributed by atoms with van der Waals surface area (Å²) in [5, 5.41) is 2.13. The molecule has 2 heteroatoms. The molecule has 0 amide bonds. The molecule has 0 saturated heterocycles. The zero-order valence-electron chi connectivity index (χ0n) is 23.7. The molecular formula is C37H36O2. The lowest BCUT2D eigenvalue weighted by Crippen LogP contribution is -2.12. The molecule has 196 valence electrons. The van der Waals surface area contributed by atoms with Gasteiger partial charge < -0.3 is 4.74 Å². The number of ether oxygens (including phenoxy) is 1. The van der Waals surface area contributed by atoms with Gasteiger partial charge in [-0.2, -0.15) is 0 Å². The van der Waals surface area contributed by atoms with Crippen LogP contribution in [0.5, 0.6) is 5.75 Å². The lowest BCUT2D eigenvalue weighted by atomic mass is 9.83. The first-order chi connectivity index (χ1) is 18.5. The highest BCUT2D eigenvalue weighted by atomic mass is 16.5. The number of hydrogen-bond donors (Lipinski definition) is 0. The quantitative estimate of drug-likeness (QED) is 0.177. The van der Waals surface area contributed by atoms with E-state index in [4.69, 9.17) is 4.74 Å². The molecule has 0 heterocycles. The maximum atomic E-state index is 13.8. The number of benzene rings is 5. The highest BCUT2D eigenvalue weighted by Crippen LogP contribution is 2.40. The lowest BCUT2D eigenvalue weighted by molar-refractivity contribution is 0.0735. The van der Waals surface area contributed by atoms with Gasteiger partial charge in [0, 0.05) is 5.56 Å². The SMILES string of the molecule is CC(C)(C)c1ccc(-c2cc(C(=O)Oc3ccccc3)c(-c3ccc(C(C)(C)C)cc3)c3ccccc23)cc1. The van der Waals surface area contributed by atoms with Crippen LogP contribution in [-0.4, -0.2) is 5.97 Å². The predicted molar refractivity (Wildman–Crippen MR) is 164 cm³/mol. The van der Waals surface area contributed by atoms with Gasteiger partial charge in [0.05, 0.1) is 5.56 Å². The summed E-state index contributed by atoms with van der Waals surface area (Å²) in [4.78, 5) is 13.8. The Bertz CT molecular complexity index is 1610. The summed E-state index contributed by atoms with van der Waals surface area (Å²) in [7, 11) is 0. The van der Waals surface area contributed by atoms with Crippen LogP contribution in [0.2, 0.25) is 0 Å². The van der Waals surface area contributed by atoms with Crippen molar-refractivity contribution in [3.05, 3.63) is 126 Å². The van der Waals surface area contributed by atoms with E-state index in [1.807, 2.05) is 42.5 Å². The van der Waals surface area contributed by atoms with E-state index in [2.05, 4.69) is 108 Å². The lowest BCUT2D eigenvalue weighted by Gasteiger charge is -2.21. The van der Waals surface area contributed by atoms with Crippen molar-refractivity contribution in [1.29, 1.82) is 0 Å². The number of esters is 1. The van der Waals surface area contributed by atoms with E-state index in [1.54, 1.807) is 0 Å². The van der Waals surface area contributed by atoms with Crippen molar-refractivity contribution in [3.63, 3.8) is 0 Å². The van der Waals surface area contributed by atoms with Crippen LogP contribution in [-0.2, 0) is 10.8 Å². The van der Waals surface area contributed by atoms with E-state index in [0.717, 1.165) is 33.0 Å². The van der Waals surface area contributed by atoms with E-state index >= 15 is 0 Å². The third-order valence-electron chi connectivity index (χ3n) is 7.32. The number of carbonyl (C=O) groups excluding carboxylic acids is 1. The summed E-state index contributed by atoms with van der Waals surface area (Å²) in [5.41, 5.74) is 7.15. The summed E-state index contributed by atoms with van der Waals surface area (Å²) < 4.78 is 5.91. The molecule has 2 nitrogen and oxygen atoms in total. The minimum absolute atomic E-state index is 0.0404. The molecule has 0 bridgehead atoms. The Balaban J connectivity index is 1.74. The maximum absolute atomic E-state index is 13.8. The van der Waals surface area contributed by atoms with E-state index in [-0.39, 0.29) is 16.8 Å². The van der Waals surface area contributed by atoms with Crippen LogP contribution in [0.4, 0.5) is 0 Å². The third kappa shape index (κ3) is 5.52. The molecule has 39 heavy (non-hydrogen) atoms. The molecule has 0 spiro atoms. The number of rotatable bonds is 4. The average molecular weight is 513 g/mol. The molecule has 0 aliphatic carbocycles. The number of para-hydroxylation sites is 1. The van der Waals surface area contributed by atoms with Crippen LogP contribution < -0.4 is 4.74 Å². The second kappa shape index (κ2) is 10.2. The largest absolute Gasteiger partial charge is 0.423 e. The van der Waals surface area contributed by atoms with Gasteiger partial charge in [-0.15, -0.1) is 0 Å². The molecule has 0 aliphatic heterocycles. The van der Waals surface area contributed by atoms with Crippen molar-refractivity contribution in [1.82, 2.24) is 0 Å². The first-order valence-electron chi connectivity index (χ1n) is 13.6. The van der Waals surface area contributed by atoms with Gasteiger partial charge in [0.25, 0.3) is 0 Å². The van der Waals surface area contributed by atoms with Crippen LogP contribution in [0, 0.1) is 0 Å². The maximum Gasteiger partial charge on any atom is 0.344 e. The number of carbonyl (C=O) groups is 1. The summed E-state index contributed by atoms with van der Waals surface area (Å²) in [5.74, 6) is 0.162. The van der Waals surface area contributed by atoms with Crippen molar-refractivity contribution in [2.45, 2.75) is 52.4 Å². The Morgan fingerprint density at radius 1 is 0.564 bits per heavy atom. The zero-order valence-corrected chi connectivity index (χ0v) is 23.7. The molecule has 5 aromatic rings. The fourth-order valence-electron chi connectivity index (χ4n) is 5.02. The van der Waals surface area contributed by atoms with Crippen LogP contribution in [0.15, 0.2) is 109 Å². The first-order valence-corrected chi connectivity index (χ1v) is 13.6. The van der Waals surface area contributed by atoms with Crippen molar-refractivity contribution in [3.8, 4) is 28.0 Å². The van der Waals surface area contributed by atoms with Gasteiger partial charge in [-0.05, 0) is 67.6 Å². The Kier molecular flexibility index (Phi) is 6.91. The predicted octanol–water partition coefficient (Wildman–Crippen LogP) is 9.99. The molecule has 0 aliphatic rings. The third-order valence-corrected chi connectivity index (χ3v) is 7.32. The molecule has 5 aromatic carbocycles. The highest BCUT2D eigenvalue weighted by Gasteiger charge is 2.22. The van der Waals surface area contributed by atoms with Crippen molar-refractivity contribution >= 4 is 16.7 Å².